The van der Waals surface area contributed by atoms with Crippen molar-refractivity contribution in [1.82, 2.24) is 0 Å². The molecule has 0 saturated heterocycles. The minimum Gasteiger partial charge on any atom is -0.450 e. The summed E-state index contributed by atoms with van der Waals surface area (Å²) in [5.74, 6) is 0.101. The smallest absolute Gasteiger partial charge is 0.396 e. The molecule has 0 amide bonds. The van der Waals surface area contributed by atoms with Gasteiger partial charge in [-0.3, -0.25) is 10.1 Å². The van der Waals surface area contributed by atoms with E-state index >= 15 is 0 Å². The molecule has 0 bridgehead atoms. The van der Waals surface area contributed by atoms with Gasteiger partial charge in [0.2, 0.25) is 5.75 Å². The highest BCUT2D eigenvalue weighted by Crippen LogP contribution is 2.34. The normalized spacial score (nSPS) is 11.5. The second kappa shape index (κ2) is 5.73. The number of rotatable bonds is 4. The molecule has 8 nitrogen and oxygen atoms in total. The summed E-state index contributed by atoms with van der Waals surface area (Å²) in [4.78, 5) is 21.0. The Morgan fingerprint density at radius 3 is 2.62 bits per heavy atom. The summed E-state index contributed by atoms with van der Waals surface area (Å²) in [5.41, 5.74) is -0.178. The lowest BCUT2D eigenvalue weighted by Crippen LogP contribution is -2.00. The minimum atomic E-state index is -3.58. The zero-order chi connectivity index (χ0) is 17.5. The number of nitro groups is 1. The standard InChI is InChI=1S/C14H9NO7S2/c1-24(19,20)9-3-4-11(10(7-9)15(17)18)21-8-2-5-13-12(6-8)22-14(16)23-13/h2-7H,1H3. The van der Waals surface area contributed by atoms with Gasteiger partial charge in [-0.05, 0) is 24.3 Å². The van der Waals surface area contributed by atoms with Gasteiger partial charge in [-0.2, -0.15) is 0 Å². The van der Waals surface area contributed by atoms with Gasteiger partial charge in [0.05, 0.1) is 14.5 Å². The maximum atomic E-state index is 11.5. The van der Waals surface area contributed by atoms with Crippen molar-refractivity contribution in [3.8, 4) is 11.5 Å². The SMILES string of the molecule is CS(=O)(=O)c1ccc(Oc2ccc3sc(=O)oc3c2)c([N+](=O)[O-])c1. The summed E-state index contributed by atoms with van der Waals surface area (Å²) in [6.07, 6.45) is 0.957. The Bertz CT molecular complexity index is 1110. The summed E-state index contributed by atoms with van der Waals surface area (Å²) in [6.45, 7) is 0. The average molecular weight is 367 g/mol. The molecule has 24 heavy (non-hydrogen) atoms. The van der Waals surface area contributed by atoms with Crippen molar-refractivity contribution in [2.24, 2.45) is 0 Å². The van der Waals surface area contributed by atoms with Crippen molar-refractivity contribution in [3.05, 3.63) is 56.2 Å². The molecule has 0 aliphatic rings. The lowest BCUT2D eigenvalue weighted by molar-refractivity contribution is -0.385. The van der Waals surface area contributed by atoms with Gasteiger partial charge in [0.1, 0.15) is 5.75 Å². The highest BCUT2D eigenvalue weighted by molar-refractivity contribution is 7.90. The first-order chi connectivity index (χ1) is 11.2. The molecule has 0 saturated carbocycles. The van der Waals surface area contributed by atoms with Crippen LogP contribution in [0.5, 0.6) is 11.5 Å². The van der Waals surface area contributed by atoms with Gasteiger partial charge >= 0.3 is 10.6 Å². The van der Waals surface area contributed by atoms with Crippen LogP contribution in [0.2, 0.25) is 0 Å². The predicted octanol–water partition coefficient (Wildman–Crippen LogP) is 2.96. The number of sulfone groups is 1. The Balaban J connectivity index is 2.04. The molecule has 3 aromatic rings. The quantitative estimate of drug-likeness (QED) is 0.514. The van der Waals surface area contributed by atoms with E-state index in [1.165, 1.54) is 24.3 Å². The fourth-order valence-electron chi connectivity index (χ4n) is 2.00. The Kier molecular flexibility index (Phi) is 3.85. The lowest BCUT2D eigenvalue weighted by atomic mass is 10.3. The zero-order valence-electron chi connectivity index (χ0n) is 12.1. The molecule has 0 fully saturated rings. The van der Waals surface area contributed by atoms with Crippen LogP contribution in [0.3, 0.4) is 0 Å². The molecule has 0 N–H and O–H groups in total. The van der Waals surface area contributed by atoms with Crippen LogP contribution in [0, 0.1) is 10.1 Å². The molecular weight excluding hydrogens is 358 g/mol. The highest BCUT2D eigenvalue weighted by Gasteiger charge is 2.20. The second-order valence-electron chi connectivity index (χ2n) is 4.82. The molecule has 0 aliphatic heterocycles. The van der Waals surface area contributed by atoms with Crippen LogP contribution in [0.15, 0.2) is 50.5 Å². The third kappa shape index (κ3) is 3.14. The first-order valence-electron chi connectivity index (χ1n) is 6.44. The van der Waals surface area contributed by atoms with Crippen LogP contribution in [0.4, 0.5) is 5.69 Å². The van der Waals surface area contributed by atoms with Crippen LogP contribution < -0.4 is 9.68 Å². The highest BCUT2D eigenvalue weighted by atomic mass is 32.2. The van der Waals surface area contributed by atoms with E-state index in [-0.39, 0.29) is 16.4 Å². The van der Waals surface area contributed by atoms with Crippen LogP contribution in [-0.4, -0.2) is 19.6 Å². The Labute approximate surface area is 139 Å². The first kappa shape index (κ1) is 16.1. The predicted molar refractivity (Wildman–Crippen MR) is 86.6 cm³/mol. The number of ether oxygens (including phenoxy) is 1. The number of nitrogens with zero attached hydrogens (tertiary/aromatic N) is 1. The van der Waals surface area contributed by atoms with Crippen molar-refractivity contribution in [3.63, 3.8) is 0 Å². The van der Waals surface area contributed by atoms with Crippen molar-refractivity contribution in [2.45, 2.75) is 4.90 Å². The molecule has 0 radical (unpaired) electrons. The van der Waals surface area contributed by atoms with E-state index in [4.69, 9.17) is 9.15 Å². The largest absolute Gasteiger partial charge is 0.450 e. The van der Waals surface area contributed by atoms with Gasteiger partial charge in [-0.1, -0.05) is 11.3 Å². The number of hydrogen-bond donors (Lipinski definition) is 0. The lowest BCUT2D eigenvalue weighted by Gasteiger charge is -2.07. The van der Waals surface area contributed by atoms with E-state index in [0.717, 1.165) is 23.7 Å². The van der Waals surface area contributed by atoms with Crippen molar-refractivity contribution in [2.75, 3.05) is 6.26 Å². The number of fused-ring (bicyclic) bond motifs is 1. The van der Waals surface area contributed by atoms with Crippen molar-refractivity contribution >= 4 is 37.1 Å². The van der Waals surface area contributed by atoms with Crippen LogP contribution in [-0.2, 0) is 9.84 Å². The first-order valence-corrected chi connectivity index (χ1v) is 9.15. The second-order valence-corrected chi connectivity index (χ2v) is 7.82. The molecule has 3 rings (SSSR count). The van der Waals surface area contributed by atoms with Gasteiger partial charge in [0.25, 0.3) is 0 Å². The summed E-state index contributed by atoms with van der Waals surface area (Å²) in [7, 11) is -3.58. The molecule has 10 heteroatoms. The summed E-state index contributed by atoms with van der Waals surface area (Å²) >= 11 is 0.927. The minimum absolute atomic E-state index is 0.121. The monoisotopic (exact) mass is 367 g/mol. The van der Waals surface area contributed by atoms with Crippen LogP contribution in [0.25, 0.3) is 10.3 Å². The Hall–Kier alpha value is -2.72. The molecule has 0 aliphatic carbocycles. The third-order valence-electron chi connectivity index (χ3n) is 3.08. The molecule has 0 unspecified atom stereocenters. The molecule has 1 aromatic heterocycles. The van der Waals surface area contributed by atoms with Crippen LogP contribution >= 0.6 is 11.3 Å². The topological polar surface area (TPSA) is 117 Å². The van der Waals surface area contributed by atoms with Gasteiger partial charge in [-0.25, -0.2) is 13.2 Å². The number of nitro benzene ring substituents is 1. The number of hydrogen-bond acceptors (Lipinski definition) is 8. The van der Waals surface area contributed by atoms with Gasteiger partial charge in [-0.15, -0.1) is 0 Å². The summed E-state index contributed by atoms with van der Waals surface area (Å²) in [5, 5.41) is 11.2. The van der Waals surface area contributed by atoms with Crippen molar-refractivity contribution < 1.29 is 22.5 Å². The van der Waals surface area contributed by atoms with E-state index in [1.54, 1.807) is 6.07 Å². The number of benzene rings is 2. The zero-order valence-corrected chi connectivity index (χ0v) is 13.7. The summed E-state index contributed by atoms with van der Waals surface area (Å²) < 4.78 is 34.1. The molecular formula is C14H9NO7S2. The van der Waals surface area contributed by atoms with Gasteiger partial charge < -0.3 is 9.15 Å². The van der Waals surface area contributed by atoms with Crippen molar-refractivity contribution in [1.29, 1.82) is 0 Å². The fourth-order valence-corrected chi connectivity index (χ4v) is 3.29. The molecule has 0 atom stereocenters. The van der Waals surface area contributed by atoms with E-state index in [0.29, 0.717) is 10.3 Å². The maximum absolute atomic E-state index is 11.5. The molecule has 1 heterocycles. The Morgan fingerprint density at radius 2 is 1.96 bits per heavy atom. The summed E-state index contributed by atoms with van der Waals surface area (Å²) in [6, 6.07) is 7.93. The van der Waals surface area contributed by atoms with E-state index in [2.05, 4.69) is 0 Å². The van der Waals surface area contributed by atoms with E-state index < -0.39 is 25.4 Å². The van der Waals surface area contributed by atoms with Gasteiger partial charge in [0, 0.05) is 18.4 Å². The fraction of sp³-hybridized carbons (Fsp3) is 0.0714. The molecule has 0 spiro atoms. The maximum Gasteiger partial charge on any atom is 0.396 e. The van der Waals surface area contributed by atoms with Crippen LogP contribution in [0.1, 0.15) is 0 Å². The third-order valence-corrected chi connectivity index (χ3v) is 5.00. The van der Waals surface area contributed by atoms with E-state index in [1.807, 2.05) is 0 Å². The Morgan fingerprint density at radius 1 is 1.21 bits per heavy atom. The molecule has 2 aromatic carbocycles. The average Bonchev–Trinajstić information content (AvgIpc) is 2.85. The molecule has 124 valence electrons. The van der Waals surface area contributed by atoms with E-state index in [9.17, 15) is 23.3 Å². The van der Waals surface area contributed by atoms with Gasteiger partial charge in [0.15, 0.2) is 15.4 Å².